The molecule has 0 spiro atoms. The molecule has 2 heterocycles. The van der Waals surface area contributed by atoms with Gasteiger partial charge in [0.2, 0.25) is 10.0 Å². The van der Waals surface area contributed by atoms with Crippen molar-refractivity contribution in [1.82, 2.24) is 14.9 Å². The van der Waals surface area contributed by atoms with Gasteiger partial charge in [0.15, 0.2) is 5.96 Å². The van der Waals surface area contributed by atoms with Crippen molar-refractivity contribution < 1.29 is 17.9 Å². The van der Waals surface area contributed by atoms with Crippen LogP contribution >= 0.6 is 35.3 Å². The number of sulfonamides is 1. The van der Waals surface area contributed by atoms with Gasteiger partial charge in [-0.3, -0.25) is 4.99 Å². The number of rotatable bonds is 11. The summed E-state index contributed by atoms with van der Waals surface area (Å²) in [4.78, 5) is 7.79. The van der Waals surface area contributed by atoms with Gasteiger partial charge < -0.3 is 19.7 Å². The predicted molar refractivity (Wildman–Crippen MR) is 133 cm³/mol. The number of ether oxygens (including phenoxy) is 2. The summed E-state index contributed by atoms with van der Waals surface area (Å²) in [6.45, 7) is 8.57. The number of guanidine groups is 1. The van der Waals surface area contributed by atoms with Crippen molar-refractivity contribution >= 4 is 51.3 Å². The molecule has 11 heteroatoms. The van der Waals surface area contributed by atoms with E-state index in [1.165, 1.54) is 11.3 Å². The van der Waals surface area contributed by atoms with Crippen LogP contribution in [-0.4, -0.2) is 78.4 Å². The van der Waals surface area contributed by atoms with Crippen molar-refractivity contribution in [3.63, 3.8) is 0 Å². The van der Waals surface area contributed by atoms with E-state index in [1.54, 1.807) is 13.2 Å². The topological polar surface area (TPSA) is 92.3 Å². The van der Waals surface area contributed by atoms with E-state index < -0.39 is 10.0 Å². The fraction of sp³-hybridized carbons (Fsp3) is 0.737. The minimum Gasteiger partial charge on any atom is -0.385 e. The Morgan fingerprint density at radius 2 is 2.03 bits per heavy atom. The van der Waals surface area contributed by atoms with Gasteiger partial charge in [-0.2, -0.15) is 0 Å². The molecule has 1 aromatic rings. The molecule has 1 fully saturated rings. The van der Waals surface area contributed by atoms with Crippen LogP contribution in [0.15, 0.2) is 21.3 Å². The van der Waals surface area contributed by atoms with Gasteiger partial charge in [0.25, 0.3) is 0 Å². The fourth-order valence-electron chi connectivity index (χ4n) is 3.08. The minimum atomic E-state index is -3.46. The van der Waals surface area contributed by atoms with Crippen LogP contribution < -0.4 is 10.0 Å². The molecule has 0 aromatic carbocycles. The predicted octanol–water partition coefficient (Wildman–Crippen LogP) is 2.44. The Balaban J connectivity index is 0.00000450. The molecule has 0 aliphatic carbocycles. The third-order valence-electron chi connectivity index (χ3n) is 4.57. The second-order valence-corrected chi connectivity index (χ2v) is 10.2. The van der Waals surface area contributed by atoms with Gasteiger partial charge >= 0.3 is 0 Å². The summed E-state index contributed by atoms with van der Waals surface area (Å²) in [6, 6.07) is 3.45. The molecule has 0 radical (unpaired) electrons. The highest BCUT2D eigenvalue weighted by atomic mass is 127. The van der Waals surface area contributed by atoms with E-state index in [0.717, 1.165) is 62.9 Å². The van der Waals surface area contributed by atoms with E-state index in [1.807, 2.05) is 19.9 Å². The quantitative estimate of drug-likeness (QED) is 0.183. The molecule has 1 aromatic heterocycles. The highest BCUT2D eigenvalue weighted by molar-refractivity contribution is 14.0. The summed E-state index contributed by atoms with van der Waals surface area (Å²) in [5.41, 5.74) is 0. The molecule has 2 N–H and O–H groups in total. The molecule has 174 valence electrons. The molecular formula is C19H35IN4O4S2. The van der Waals surface area contributed by atoms with Crippen molar-refractivity contribution in [3.8, 4) is 0 Å². The highest BCUT2D eigenvalue weighted by Gasteiger charge is 2.22. The first-order chi connectivity index (χ1) is 14.0. The number of aliphatic imine (C=N–C) groups is 1. The molecule has 0 unspecified atom stereocenters. The van der Waals surface area contributed by atoms with Gasteiger partial charge in [-0.1, -0.05) is 0 Å². The van der Waals surface area contributed by atoms with Crippen LogP contribution in [0.2, 0.25) is 0 Å². The number of nitrogens with one attached hydrogen (secondary N) is 2. The first-order valence-corrected chi connectivity index (χ1v) is 12.5. The Morgan fingerprint density at radius 3 is 2.63 bits per heavy atom. The van der Waals surface area contributed by atoms with Crippen molar-refractivity contribution in [3.05, 3.63) is 17.0 Å². The lowest BCUT2D eigenvalue weighted by molar-refractivity contribution is 0.00991. The van der Waals surface area contributed by atoms with Gasteiger partial charge in [-0.05, 0) is 45.2 Å². The summed E-state index contributed by atoms with van der Waals surface area (Å²) < 4.78 is 38.5. The molecule has 1 aliphatic rings. The van der Waals surface area contributed by atoms with Crippen LogP contribution in [0.1, 0.15) is 31.1 Å². The second-order valence-electron chi connectivity index (χ2n) is 6.90. The monoisotopic (exact) mass is 574 g/mol. The Hall–Kier alpha value is -0.470. The molecule has 0 atom stereocenters. The van der Waals surface area contributed by atoms with Gasteiger partial charge in [0.05, 0.1) is 12.6 Å². The van der Waals surface area contributed by atoms with Gasteiger partial charge in [-0.25, -0.2) is 13.1 Å². The molecule has 0 amide bonds. The number of likely N-dealkylation sites (tertiary alicyclic amines) is 1. The van der Waals surface area contributed by atoms with E-state index in [4.69, 9.17) is 9.47 Å². The van der Waals surface area contributed by atoms with Crippen LogP contribution in [0.4, 0.5) is 0 Å². The van der Waals surface area contributed by atoms with Crippen LogP contribution in [0, 0.1) is 6.92 Å². The summed E-state index contributed by atoms with van der Waals surface area (Å²) in [5.74, 6) is 0.830. The summed E-state index contributed by atoms with van der Waals surface area (Å²) in [6.07, 6.45) is 3.12. The lowest BCUT2D eigenvalue weighted by Crippen LogP contribution is -2.47. The molecule has 1 saturated heterocycles. The number of piperidine rings is 1. The number of aryl methyl sites for hydroxylation is 1. The number of methoxy groups -OCH3 is 1. The first-order valence-electron chi connectivity index (χ1n) is 10.2. The van der Waals surface area contributed by atoms with E-state index in [2.05, 4.69) is 19.9 Å². The lowest BCUT2D eigenvalue weighted by atomic mass is 10.1. The van der Waals surface area contributed by atoms with Crippen molar-refractivity contribution in [1.29, 1.82) is 0 Å². The average molecular weight is 575 g/mol. The largest absolute Gasteiger partial charge is 0.385 e. The summed E-state index contributed by atoms with van der Waals surface area (Å²) >= 11 is 1.27. The SMILES string of the molecule is CCNC(=NCCNS(=O)(=O)c1ccc(C)s1)N1CCC(OCCCOC)CC1.I. The smallest absolute Gasteiger partial charge is 0.250 e. The third-order valence-corrected chi connectivity index (χ3v) is 7.52. The fourth-order valence-corrected chi connectivity index (χ4v) is 5.43. The molecule has 1 aliphatic heterocycles. The van der Waals surface area contributed by atoms with E-state index in [9.17, 15) is 8.42 Å². The Kier molecular flexibility index (Phi) is 13.4. The van der Waals surface area contributed by atoms with Gasteiger partial charge in [-0.15, -0.1) is 35.3 Å². The van der Waals surface area contributed by atoms with E-state index in [0.29, 0.717) is 10.8 Å². The number of hydrogen-bond acceptors (Lipinski definition) is 6. The van der Waals surface area contributed by atoms with Crippen LogP contribution in [0.3, 0.4) is 0 Å². The molecule has 8 nitrogen and oxygen atoms in total. The molecule has 30 heavy (non-hydrogen) atoms. The molecular weight excluding hydrogens is 539 g/mol. The summed E-state index contributed by atoms with van der Waals surface area (Å²) in [7, 11) is -1.75. The highest BCUT2D eigenvalue weighted by Crippen LogP contribution is 2.20. The Morgan fingerprint density at radius 1 is 1.30 bits per heavy atom. The van der Waals surface area contributed by atoms with E-state index >= 15 is 0 Å². The zero-order chi connectivity index (χ0) is 21.1. The van der Waals surface area contributed by atoms with Crippen molar-refractivity contribution in [2.75, 3.05) is 53.0 Å². The molecule has 0 bridgehead atoms. The van der Waals surface area contributed by atoms with Crippen LogP contribution in [0.5, 0.6) is 0 Å². The maximum Gasteiger partial charge on any atom is 0.250 e. The van der Waals surface area contributed by atoms with Crippen molar-refractivity contribution in [2.45, 2.75) is 43.4 Å². The van der Waals surface area contributed by atoms with Gasteiger partial charge in [0.1, 0.15) is 4.21 Å². The summed E-state index contributed by atoms with van der Waals surface area (Å²) in [5, 5.41) is 3.30. The van der Waals surface area contributed by atoms with Crippen LogP contribution in [-0.2, 0) is 19.5 Å². The number of halogens is 1. The maximum absolute atomic E-state index is 12.3. The minimum absolute atomic E-state index is 0. The van der Waals surface area contributed by atoms with Crippen molar-refractivity contribution in [2.24, 2.45) is 4.99 Å². The van der Waals surface area contributed by atoms with Gasteiger partial charge in [0, 0.05) is 51.4 Å². The first kappa shape index (κ1) is 27.6. The Bertz CT molecular complexity index is 735. The second kappa shape index (κ2) is 14.6. The molecule has 2 rings (SSSR count). The standard InChI is InChI=1S/C19H34N4O4S2.HI/c1-4-20-19(23-12-8-17(9-13-23)27-15-5-14-26-3)21-10-11-22-29(24,25)18-7-6-16(2)28-18;/h6-7,17,22H,4-5,8-15H2,1-3H3,(H,20,21);1H. The number of nitrogens with zero attached hydrogens (tertiary/aromatic N) is 2. The zero-order valence-corrected chi connectivity index (χ0v) is 22.0. The Labute approximate surface area is 201 Å². The van der Waals surface area contributed by atoms with Crippen LogP contribution in [0.25, 0.3) is 0 Å². The number of hydrogen-bond donors (Lipinski definition) is 2. The third kappa shape index (κ3) is 9.35. The normalized spacial score (nSPS) is 15.8. The van der Waals surface area contributed by atoms with E-state index in [-0.39, 0.29) is 36.6 Å². The number of thiophene rings is 1. The molecule has 0 saturated carbocycles. The maximum atomic E-state index is 12.3. The average Bonchev–Trinajstić information content (AvgIpc) is 3.16. The zero-order valence-electron chi connectivity index (χ0n) is 18.1. The lowest BCUT2D eigenvalue weighted by Gasteiger charge is -2.34.